The number of hydrogen-bond donors (Lipinski definition) is 1. The molecule has 23 heavy (non-hydrogen) atoms. The Morgan fingerprint density at radius 2 is 1.04 bits per heavy atom. The van der Waals surface area contributed by atoms with Crippen molar-refractivity contribution in [2.45, 2.75) is 105 Å². The van der Waals surface area contributed by atoms with Gasteiger partial charge < -0.3 is 5.11 Å². The van der Waals surface area contributed by atoms with Crippen molar-refractivity contribution < 1.29 is 5.11 Å². The van der Waals surface area contributed by atoms with Crippen LogP contribution in [0.25, 0.3) is 0 Å². The molecule has 1 N–H and O–H groups in total. The van der Waals surface area contributed by atoms with Gasteiger partial charge in [0.15, 0.2) is 0 Å². The van der Waals surface area contributed by atoms with E-state index < -0.39 is 0 Å². The van der Waals surface area contributed by atoms with Gasteiger partial charge in [-0.15, -0.1) is 0 Å². The molecule has 0 bridgehead atoms. The third kappa shape index (κ3) is 4.11. The molecule has 0 aliphatic rings. The van der Waals surface area contributed by atoms with Crippen LogP contribution in [0.4, 0.5) is 0 Å². The summed E-state index contributed by atoms with van der Waals surface area (Å²) in [5.41, 5.74) is 5.57. The van der Waals surface area contributed by atoms with E-state index in [9.17, 15) is 5.11 Å². The lowest BCUT2D eigenvalue weighted by Crippen LogP contribution is -2.13. The summed E-state index contributed by atoms with van der Waals surface area (Å²) in [5, 5.41) is 10.8. The molecule has 1 aromatic carbocycles. The van der Waals surface area contributed by atoms with Crippen LogP contribution in [0.5, 0.6) is 5.75 Å². The van der Waals surface area contributed by atoms with Crippen LogP contribution in [-0.4, -0.2) is 5.11 Å². The van der Waals surface area contributed by atoms with Crippen LogP contribution in [-0.2, 0) is 0 Å². The average molecular weight is 319 g/mol. The Morgan fingerprint density at radius 3 is 1.48 bits per heavy atom. The van der Waals surface area contributed by atoms with Crippen molar-refractivity contribution in [3.8, 4) is 5.75 Å². The summed E-state index contributed by atoms with van der Waals surface area (Å²) in [7, 11) is 0. The largest absolute Gasteiger partial charge is 0.508 e. The topological polar surface area (TPSA) is 20.2 Å². The highest BCUT2D eigenvalue weighted by Gasteiger charge is 2.27. The van der Waals surface area contributed by atoms with E-state index in [0.717, 1.165) is 25.7 Å². The standard InChI is InChI=1S/C22H38O/c1-9-14(5)18-13-19(23)21(16(7)11-3)22(17(8)12-4)20(18)15(6)10-2/h13-17,23H,9-12H2,1-8H3/t14-,15-,16+,17-/m0/s1. The van der Waals surface area contributed by atoms with Crippen molar-refractivity contribution in [1.82, 2.24) is 0 Å². The van der Waals surface area contributed by atoms with Crippen LogP contribution in [0.3, 0.4) is 0 Å². The first-order valence-corrected chi connectivity index (χ1v) is 9.73. The van der Waals surface area contributed by atoms with Crippen molar-refractivity contribution >= 4 is 0 Å². The van der Waals surface area contributed by atoms with E-state index in [1.54, 1.807) is 0 Å². The second kappa shape index (κ2) is 8.76. The Balaban J connectivity index is 3.81. The molecular weight excluding hydrogens is 280 g/mol. The first-order chi connectivity index (χ1) is 10.8. The van der Waals surface area contributed by atoms with Gasteiger partial charge in [-0.1, -0.05) is 55.4 Å². The normalized spacial score (nSPS) is 16.9. The fraction of sp³-hybridized carbons (Fsp3) is 0.727. The predicted octanol–water partition coefficient (Wildman–Crippen LogP) is 7.45. The zero-order chi connectivity index (χ0) is 17.7. The number of phenols is 1. The maximum absolute atomic E-state index is 10.8. The molecule has 0 unspecified atom stereocenters. The molecule has 0 heterocycles. The molecule has 1 rings (SSSR count). The fourth-order valence-corrected chi connectivity index (χ4v) is 3.58. The van der Waals surface area contributed by atoms with Crippen LogP contribution < -0.4 is 0 Å². The summed E-state index contributed by atoms with van der Waals surface area (Å²) in [6, 6.07) is 2.09. The molecule has 0 aliphatic carbocycles. The average Bonchev–Trinajstić information content (AvgIpc) is 2.57. The number of hydrogen-bond acceptors (Lipinski definition) is 1. The van der Waals surface area contributed by atoms with Gasteiger partial charge in [-0.3, -0.25) is 0 Å². The van der Waals surface area contributed by atoms with E-state index in [-0.39, 0.29) is 0 Å². The summed E-state index contributed by atoms with van der Waals surface area (Å²) in [4.78, 5) is 0. The molecule has 0 spiro atoms. The van der Waals surface area contributed by atoms with Gasteiger partial charge in [0.2, 0.25) is 0 Å². The third-order valence-electron chi connectivity index (χ3n) is 5.92. The predicted molar refractivity (Wildman–Crippen MR) is 103 cm³/mol. The van der Waals surface area contributed by atoms with Crippen LogP contribution in [0, 0.1) is 0 Å². The van der Waals surface area contributed by atoms with Gasteiger partial charge in [-0.2, -0.15) is 0 Å². The quantitative estimate of drug-likeness (QED) is 0.528. The van der Waals surface area contributed by atoms with Gasteiger partial charge >= 0.3 is 0 Å². The summed E-state index contributed by atoms with van der Waals surface area (Å²) < 4.78 is 0. The molecule has 0 aromatic heterocycles. The van der Waals surface area contributed by atoms with Crippen LogP contribution in [0.2, 0.25) is 0 Å². The number of aromatic hydroxyl groups is 1. The minimum atomic E-state index is 0.410. The summed E-state index contributed by atoms with van der Waals surface area (Å²) in [6.45, 7) is 18.2. The number of phenolic OH excluding ortho intramolecular Hbond substituents is 1. The molecule has 0 saturated heterocycles. The molecule has 132 valence electrons. The second-order valence-corrected chi connectivity index (χ2v) is 7.46. The highest BCUT2D eigenvalue weighted by atomic mass is 16.3. The van der Waals surface area contributed by atoms with Gasteiger partial charge in [0, 0.05) is 5.56 Å². The van der Waals surface area contributed by atoms with Gasteiger partial charge in [-0.05, 0) is 72.1 Å². The summed E-state index contributed by atoms with van der Waals surface area (Å²) in [5.74, 6) is 2.48. The van der Waals surface area contributed by atoms with Crippen molar-refractivity contribution in [3.05, 3.63) is 28.3 Å². The first kappa shape index (κ1) is 20.1. The maximum Gasteiger partial charge on any atom is 0.119 e. The number of rotatable bonds is 8. The summed E-state index contributed by atoms with van der Waals surface area (Å²) in [6.07, 6.45) is 4.46. The first-order valence-electron chi connectivity index (χ1n) is 9.73. The zero-order valence-electron chi connectivity index (χ0n) is 16.7. The van der Waals surface area contributed by atoms with Gasteiger partial charge in [0.05, 0.1) is 0 Å². The molecule has 1 nitrogen and oxygen atoms in total. The van der Waals surface area contributed by atoms with E-state index >= 15 is 0 Å². The maximum atomic E-state index is 10.8. The smallest absolute Gasteiger partial charge is 0.119 e. The summed E-state index contributed by atoms with van der Waals surface area (Å²) >= 11 is 0. The Kier molecular flexibility index (Phi) is 7.64. The van der Waals surface area contributed by atoms with Gasteiger partial charge in [0.1, 0.15) is 5.75 Å². The minimum absolute atomic E-state index is 0.410. The Hall–Kier alpha value is -0.980. The van der Waals surface area contributed by atoms with Gasteiger partial charge in [-0.25, -0.2) is 0 Å². The molecule has 1 aromatic rings. The minimum Gasteiger partial charge on any atom is -0.508 e. The molecule has 4 atom stereocenters. The molecular formula is C22H38O. The highest BCUT2D eigenvalue weighted by molar-refractivity contribution is 5.54. The molecule has 0 fully saturated rings. The zero-order valence-corrected chi connectivity index (χ0v) is 16.7. The fourth-order valence-electron chi connectivity index (χ4n) is 3.58. The van der Waals surface area contributed by atoms with Crippen molar-refractivity contribution in [2.24, 2.45) is 0 Å². The van der Waals surface area contributed by atoms with Crippen molar-refractivity contribution in [2.75, 3.05) is 0 Å². The monoisotopic (exact) mass is 318 g/mol. The van der Waals surface area contributed by atoms with Crippen LogP contribution in [0.1, 0.15) is 127 Å². The molecule has 0 amide bonds. The molecule has 0 radical (unpaired) electrons. The Bertz CT molecular complexity index is 503. The lowest BCUT2D eigenvalue weighted by Gasteiger charge is -2.31. The van der Waals surface area contributed by atoms with Crippen LogP contribution >= 0.6 is 0 Å². The molecule has 0 aliphatic heterocycles. The Labute approximate surface area is 144 Å². The molecule has 1 heteroatoms. The van der Waals surface area contributed by atoms with E-state index in [1.165, 1.54) is 22.3 Å². The van der Waals surface area contributed by atoms with E-state index in [0.29, 0.717) is 29.4 Å². The third-order valence-corrected chi connectivity index (χ3v) is 5.92. The highest BCUT2D eigenvalue weighted by Crippen LogP contribution is 2.45. The van der Waals surface area contributed by atoms with E-state index in [2.05, 4.69) is 61.5 Å². The van der Waals surface area contributed by atoms with E-state index in [4.69, 9.17) is 0 Å². The van der Waals surface area contributed by atoms with E-state index in [1.807, 2.05) is 0 Å². The van der Waals surface area contributed by atoms with Crippen LogP contribution in [0.15, 0.2) is 6.07 Å². The molecule has 0 saturated carbocycles. The lowest BCUT2D eigenvalue weighted by molar-refractivity contribution is 0.455. The Morgan fingerprint density at radius 1 is 0.652 bits per heavy atom. The van der Waals surface area contributed by atoms with Gasteiger partial charge in [0.25, 0.3) is 0 Å². The van der Waals surface area contributed by atoms with Crippen molar-refractivity contribution in [3.63, 3.8) is 0 Å². The lowest BCUT2D eigenvalue weighted by atomic mass is 9.75. The number of benzene rings is 1. The SMILES string of the molecule is CC[C@@H](C)c1c(O)cc([C@@H](C)CC)c([C@@H](C)CC)c1[C@@H](C)CC. The second-order valence-electron chi connectivity index (χ2n) is 7.46. The van der Waals surface area contributed by atoms with Crippen molar-refractivity contribution in [1.29, 1.82) is 0 Å².